The molecule has 0 radical (unpaired) electrons. The summed E-state index contributed by atoms with van der Waals surface area (Å²) in [7, 11) is 0. The summed E-state index contributed by atoms with van der Waals surface area (Å²) < 4.78 is 7.08. The van der Waals surface area contributed by atoms with Gasteiger partial charge in [0, 0.05) is 39.7 Å². The number of fused-ring (bicyclic) bond motifs is 10. The number of anilines is 3. The van der Waals surface area contributed by atoms with Crippen LogP contribution in [0.3, 0.4) is 0 Å². The van der Waals surface area contributed by atoms with Crippen molar-refractivity contribution in [3.05, 3.63) is 199 Å². The lowest BCUT2D eigenvalue weighted by Crippen LogP contribution is -2.16. The number of hydrogen-bond donors (Lipinski definition) is 0. The summed E-state index contributed by atoms with van der Waals surface area (Å²) in [4.78, 5) is 2.36. The van der Waals surface area contributed by atoms with Crippen molar-refractivity contribution in [1.82, 2.24) is 0 Å². The zero-order valence-corrected chi connectivity index (χ0v) is 30.8. The van der Waals surface area contributed by atoms with E-state index in [1.807, 2.05) is 0 Å². The summed E-state index contributed by atoms with van der Waals surface area (Å²) >= 11 is 0. The predicted octanol–water partition coefficient (Wildman–Crippen LogP) is 14.9. The Morgan fingerprint density at radius 1 is 0.345 bits per heavy atom. The lowest BCUT2D eigenvalue weighted by atomic mass is 9.82. The molecule has 11 rings (SSSR count). The molecule has 1 heterocycles. The van der Waals surface area contributed by atoms with Gasteiger partial charge < -0.3 is 9.64 Å². The van der Waals surface area contributed by atoms with Crippen LogP contribution in [-0.2, 0) is 5.41 Å². The molecule has 2 nitrogen and oxygen atoms in total. The van der Waals surface area contributed by atoms with E-state index in [2.05, 4.69) is 207 Å². The minimum Gasteiger partial charge on any atom is -0.456 e. The van der Waals surface area contributed by atoms with E-state index < -0.39 is 0 Å². The van der Waals surface area contributed by atoms with E-state index in [4.69, 9.17) is 4.74 Å². The number of para-hydroxylation sites is 1. The maximum atomic E-state index is 7.08. The average molecular weight is 704 g/mol. The first-order chi connectivity index (χ1) is 27.0. The van der Waals surface area contributed by atoms with E-state index in [-0.39, 0.29) is 5.41 Å². The Balaban J connectivity index is 1.10. The van der Waals surface area contributed by atoms with Crippen LogP contribution in [0.2, 0.25) is 0 Å². The van der Waals surface area contributed by atoms with Crippen molar-refractivity contribution in [3.63, 3.8) is 0 Å². The van der Waals surface area contributed by atoms with E-state index in [0.717, 1.165) is 56.2 Å². The standard InChI is InChI=1S/C53H37NO/c1-53(2)49-19-11-10-18-44(49)45-26-23-41(32-50(45)53)54(40-16-4-3-5-17-40)42-24-27-46-47-29-39(38-21-20-34-12-6-7-13-35(34)28-38)22-25-43(47)48-30-36-14-8-9-15-37(36)31-51(48)55-52(46)33-42/h3-33H,1-2H3. The summed E-state index contributed by atoms with van der Waals surface area (Å²) in [6.07, 6.45) is 0. The summed E-state index contributed by atoms with van der Waals surface area (Å²) in [6.45, 7) is 4.69. The molecule has 0 aromatic heterocycles. The number of rotatable bonds is 4. The Bertz CT molecular complexity index is 2990. The third-order valence-electron chi connectivity index (χ3n) is 11.8. The van der Waals surface area contributed by atoms with Gasteiger partial charge in [-0.2, -0.15) is 0 Å². The van der Waals surface area contributed by atoms with Gasteiger partial charge in [0.15, 0.2) is 0 Å². The largest absolute Gasteiger partial charge is 0.456 e. The zero-order valence-electron chi connectivity index (χ0n) is 30.8. The molecule has 9 aromatic carbocycles. The van der Waals surface area contributed by atoms with Gasteiger partial charge in [0.25, 0.3) is 0 Å². The highest BCUT2D eigenvalue weighted by molar-refractivity contribution is 5.99. The van der Waals surface area contributed by atoms with Crippen LogP contribution < -0.4 is 9.64 Å². The molecule has 0 fully saturated rings. The fourth-order valence-corrected chi connectivity index (χ4v) is 9.00. The molecule has 0 spiro atoms. The lowest BCUT2D eigenvalue weighted by molar-refractivity contribution is 0.488. The Hall–Kier alpha value is -6.90. The van der Waals surface area contributed by atoms with Gasteiger partial charge in [0.05, 0.1) is 0 Å². The summed E-state index contributed by atoms with van der Waals surface area (Å²) in [5.74, 6) is 1.69. The molecule has 0 bridgehead atoms. The van der Waals surface area contributed by atoms with E-state index in [1.54, 1.807) is 0 Å². The predicted molar refractivity (Wildman–Crippen MR) is 230 cm³/mol. The highest BCUT2D eigenvalue weighted by atomic mass is 16.5. The number of benzene rings is 9. The van der Waals surface area contributed by atoms with Crippen LogP contribution in [0, 0.1) is 0 Å². The minimum atomic E-state index is -0.111. The van der Waals surface area contributed by atoms with Crippen molar-refractivity contribution in [2.75, 3.05) is 4.90 Å². The molecule has 0 amide bonds. The molecule has 0 atom stereocenters. The van der Waals surface area contributed by atoms with Gasteiger partial charge in [0.2, 0.25) is 0 Å². The highest BCUT2D eigenvalue weighted by Crippen LogP contribution is 2.53. The molecule has 1 aliphatic heterocycles. The third kappa shape index (κ3) is 5.02. The average Bonchev–Trinajstić information content (AvgIpc) is 3.37. The van der Waals surface area contributed by atoms with Crippen molar-refractivity contribution < 1.29 is 4.74 Å². The second-order valence-electron chi connectivity index (χ2n) is 15.4. The van der Waals surface area contributed by atoms with Crippen LogP contribution in [0.5, 0.6) is 11.5 Å². The monoisotopic (exact) mass is 703 g/mol. The maximum Gasteiger partial charge on any atom is 0.137 e. The van der Waals surface area contributed by atoms with E-state index in [1.165, 1.54) is 49.5 Å². The first kappa shape index (κ1) is 31.6. The Morgan fingerprint density at radius 3 is 1.75 bits per heavy atom. The summed E-state index contributed by atoms with van der Waals surface area (Å²) in [5.41, 5.74) is 15.3. The maximum absolute atomic E-state index is 7.08. The van der Waals surface area contributed by atoms with Crippen molar-refractivity contribution in [3.8, 4) is 56.0 Å². The van der Waals surface area contributed by atoms with Crippen LogP contribution in [-0.4, -0.2) is 0 Å². The molecule has 1 aliphatic carbocycles. The molecule has 260 valence electrons. The van der Waals surface area contributed by atoms with Gasteiger partial charge in [0.1, 0.15) is 11.5 Å². The van der Waals surface area contributed by atoms with E-state index in [9.17, 15) is 0 Å². The van der Waals surface area contributed by atoms with Crippen molar-refractivity contribution in [1.29, 1.82) is 0 Å². The molecule has 0 N–H and O–H groups in total. The van der Waals surface area contributed by atoms with Crippen LogP contribution in [0.25, 0.3) is 66.1 Å². The fraction of sp³-hybridized carbons (Fsp3) is 0.0566. The SMILES string of the molecule is CC1(C)c2ccccc2-c2ccc(N(c3ccccc3)c3ccc4c(c3)Oc3cc5ccccc5cc3-c3ccc(-c5ccc6ccccc6c5)cc3-4)cc21. The van der Waals surface area contributed by atoms with Gasteiger partial charge in [-0.15, -0.1) is 0 Å². The Morgan fingerprint density at radius 2 is 0.927 bits per heavy atom. The molecule has 0 saturated heterocycles. The molecule has 0 unspecified atom stereocenters. The lowest BCUT2D eigenvalue weighted by Gasteiger charge is -2.28. The fourth-order valence-electron chi connectivity index (χ4n) is 9.00. The van der Waals surface area contributed by atoms with Gasteiger partial charge >= 0.3 is 0 Å². The van der Waals surface area contributed by atoms with Crippen LogP contribution >= 0.6 is 0 Å². The highest BCUT2D eigenvalue weighted by Gasteiger charge is 2.36. The smallest absolute Gasteiger partial charge is 0.137 e. The number of ether oxygens (including phenoxy) is 1. The first-order valence-electron chi connectivity index (χ1n) is 19.1. The van der Waals surface area contributed by atoms with Gasteiger partial charge in [-0.05, 0) is 127 Å². The summed E-state index contributed by atoms with van der Waals surface area (Å²) in [6, 6.07) is 68.4. The van der Waals surface area contributed by atoms with Crippen LogP contribution in [0.4, 0.5) is 17.1 Å². The van der Waals surface area contributed by atoms with Gasteiger partial charge in [-0.25, -0.2) is 0 Å². The zero-order chi connectivity index (χ0) is 36.7. The molecular formula is C53H37NO. The molecule has 2 aliphatic rings. The third-order valence-corrected chi connectivity index (χ3v) is 11.8. The van der Waals surface area contributed by atoms with Crippen LogP contribution in [0.15, 0.2) is 188 Å². The van der Waals surface area contributed by atoms with Gasteiger partial charge in [-0.3, -0.25) is 0 Å². The van der Waals surface area contributed by atoms with Crippen molar-refractivity contribution >= 4 is 38.6 Å². The molecule has 2 heteroatoms. The van der Waals surface area contributed by atoms with Crippen molar-refractivity contribution in [2.24, 2.45) is 0 Å². The second-order valence-corrected chi connectivity index (χ2v) is 15.4. The molecule has 9 aromatic rings. The topological polar surface area (TPSA) is 12.5 Å². The molecule has 0 saturated carbocycles. The van der Waals surface area contributed by atoms with E-state index >= 15 is 0 Å². The number of nitrogens with zero attached hydrogens (tertiary/aromatic N) is 1. The minimum absolute atomic E-state index is 0.111. The molecule has 55 heavy (non-hydrogen) atoms. The van der Waals surface area contributed by atoms with E-state index in [0.29, 0.717) is 0 Å². The van der Waals surface area contributed by atoms with Gasteiger partial charge in [-0.1, -0.05) is 135 Å². The Labute approximate surface area is 321 Å². The normalized spacial score (nSPS) is 13.2. The van der Waals surface area contributed by atoms with Crippen molar-refractivity contribution in [2.45, 2.75) is 19.3 Å². The molecular weight excluding hydrogens is 667 g/mol. The number of hydrogen-bond acceptors (Lipinski definition) is 2. The Kier molecular flexibility index (Phi) is 6.93. The second kappa shape index (κ2) is 12.1. The quantitative estimate of drug-likeness (QED) is 0.181. The summed E-state index contributed by atoms with van der Waals surface area (Å²) in [5, 5.41) is 4.83. The van der Waals surface area contributed by atoms with Crippen LogP contribution in [0.1, 0.15) is 25.0 Å². The first-order valence-corrected chi connectivity index (χ1v) is 19.1.